The molecule has 0 saturated carbocycles. The fourth-order valence-corrected chi connectivity index (χ4v) is 1.74. The Kier molecular flexibility index (Phi) is 14.6. The maximum atomic E-state index is 8.71. The quantitative estimate of drug-likeness (QED) is 0.686. The molecular formula is C15H27BrN2O. The summed E-state index contributed by atoms with van der Waals surface area (Å²) < 4.78 is 0.991. The van der Waals surface area contributed by atoms with Crippen LogP contribution in [0.3, 0.4) is 0 Å². The molecule has 0 saturated heterocycles. The molecule has 0 spiro atoms. The standard InChI is InChI=1S/C11H15BrN2O.2C2H6/c1-14-11-7-8(12)4-5-9(11)10(13)3-2-6-15;2*1-2/h4-5,7,13-15H,2-3,6H2,1H3;2*1-2H3. The molecule has 1 rings (SSSR count). The van der Waals surface area contributed by atoms with Gasteiger partial charge in [0.15, 0.2) is 0 Å². The number of hydrogen-bond donors (Lipinski definition) is 3. The van der Waals surface area contributed by atoms with E-state index in [0.29, 0.717) is 18.6 Å². The Hall–Kier alpha value is -0.870. The van der Waals surface area contributed by atoms with Crippen molar-refractivity contribution in [1.82, 2.24) is 0 Å². The second-order valence-corrected chi connectivity index (χ2v) is 4.16. The molecule has 0 aliphatic rings. The van der Waals surface area contributed by atoms with Crippen molar-refractivity contribution >= 4 is 27.3 Å². The molecule has 0 aliphatic heterocycles. The van der Waals surface area contributed by atoms with Crippen molar-refractivity contribution in [3.8, 4) is 0 Å². The summed E-state index contributed by atoms with van der Waals surface area (Å²) >= 11 is 3.39. The largest absolute Gasteiger partial charge is 0.396 e. The molecular weight excluding hydrogens is 304 g/mol. The number of rotatable bonds is 5. The molecule has 0 amide bonds. The van der Waals surface area contributed by atoms with Gasteiger partial charge in [-0.3, -0.25) is 0 Å². The molecule has 110 valence electrons. The number of anilines is 1. The van der Waals surface area contributed by atoms with Gasteiger partial charge in [0.25, 0.3) is 0 Å². The predicted molar refractivity (Wildman–Crippen MR) is 89.5 cm³/mol. The minimum Gasteiger partial charge on any atom is -0.396 e. The summed E-state index contributed by atoms with van der Waals surface area (Å²) in [7, 11) is 1.84. The first-order chi connectivity index (χ1) is 9.19. The van der Waals surface area contributed by atoms with Crippen LogP contribution in [0, 0.1) is 5.41 Å². The molecule has 0 aliphatic carbocycles. The van der Waals surface area contributed by atoms with Gasteiger partial charge in [0.05, 0.1) is 0 Å². The van der Waals surface area contributed by atoms with Gasteiger partial charge in [-0.1, -0.05) is 43.6 Å². The summed E-state index contributed by atoms with van der Waals surface area (Å²) in [6.45, 7) is 8.13. The van der Waals surface area contributed by atoms with Crippen LogP contribution in [0.5, 0.6) is 0 Å². The van der Waals surface area contributed by atoms with Crippen molar-refractivity contribution < 1.29 is 5.11 Å². The predicted octanol–water partition coefficient (Wildman–Crippen LogP) is 4.68. The second-order valence-electron chi connectivity index (χ2n) is 3.25. The van der Waals surface area contributed by atoms with Crippen LogP contribution in [0.25, 0.3) is 0 Å². The first-order valence-electron chi connectivity index (χ1n) is 6.85. The van der Waals surface area contributed by atoms with E-state index < -0.39 is 0 Å². The Morgan fingerprint density at radius 2 is 1.84 bits per heavy atom. The molecule has 0 fully saturated rings. The number of nitrogens with one attached hydrogen (secondary N) is 2. The summed E-state index contributed by atoms with van der Waals surface area (Å²) in [4.78, 5) is 0. The van der Waals surface area contributed by atoms with Gasteiger partial charge in [-0.2, -0.15) is 0 Å². The van der Waals surface area contributed by atoms with Crippen molar-refractivity contribution in [2.24, 2.45) is 0 Å². The SMILES string of the molecule is CC.CC.CNc1cc(Br)ccc1C(=N)CCCO. The molecule has 1 aromatic carbocycles. The summed E-state index contributed by atoms with van der Waals surface area (Å²) in [6, 6.07) is 5.78. The summed E-state index contributed by atoms with van der Waals surface area (Å²) in [5.41, 5.74) is 2.39. The maximum Gasteiger partial charge on any atom is 0.0440 e. The van der Waals surface area contributed by atoms with Crippen LogP contribution in [0.1, 0.15) is 46.1 Å². The van der Waals surface area contributed by atoms with E-state index in [1.807, 2.05) is 52.9 Å². The van der Waals surface area contributed by atoms with Gasteiger partial charge in [-0.15, -0.1) is 0 Å². The van der Waals surface area contributed by atoms with Crippen LogP contribution in [0.4, 0.5) is 5.69 Å². The molecule has 4 heteroatoms. The van der Waals surface area contributed by atoms with Crippen LogP contribution in [-0.4, -0.2) is 24.5 Å². The van der Waals surface area contributed by atoms with E-state index in [4.69, 9.17) is 10.5 Å². The first kappa shape index (κ1) is 20.4. The van der Waals surface area contributed by atoms with Crippen molar-refractivity contribution in [1.29, 1.82) is 5.41 Å². The van der Waals surface area contributed by atoms with E-state index in [1.54, 1.807) is 0 Å². The average molecular weight is 331 g/mol. The minimum atomic E-state index is 0.133. The van der Waals surface area contributed by atoms with E-state index >= 15 is 0 Å². The molecule has 3 N–H and O–H groups in total. The lowest BCUT2D eigenvalue weighted by molar-refractivity contribution is 0.291. The number of benzene rings is 1. The van der Waals surface area contributed by atoms with Gasteiger partial charge in [-0.05, 0) is 31.0 Å². The van der Waals surface area contributed by atoms with E-state index in [0.717, 1.165) is 15.7 Å². The first-order valence-corrected chi connectivity index (χ1v) is 7.64. The molecule has 0 bridgehead atoms. The molecule has 0 unspecified atom stereocenters. The summed E-state index contributed by atoms with van der Waals surface area (Å²) in [5, 5.41) is 19.7. The van der Waals surface area contributed by atoms with Crippen LogP contribution in [0.15, 0.2) is 22.7 Å². The van der Waals surface area contributed by atoms with E-state index in [-0.39, 0.29) is 6.61 Å². The minimum absolute atomic E-state index is 0.133. The van der Waals surface area contributed by atoms with E-state index in [1.165, 1.54) is 0 Å². The van der Waals surface area contributed by atoms with Crippen molar-refractivity contribution in [2.75, 3.05) is 19.0 Å². The van der Waals surface area contributed by atoms with Crippen molar-refractivity contribution in [3.05, 3.63) is 28.2 Å². The Balaban J connectivity index is 0. The van der Waals surface area contributed by atoms with Crippen LogP contribution >= 0.6 is 15.9 Å². The maximum absolute atomic E-state index is 8.71. The lowest BCUT2D eigenvalue weighted by Gasteiger charge is -2.10. The number of hydrogen-bond acceptors (Lipinski definition) is 3. The number of aliphatic hydroxyl groups excluding tert-OH is 1. The van der Waals surface area contributed by atoms with Gasteiger partial charge in [0, 0.05) is 35.1 Å². The highest BCUT2D eigenvalue weighted by molar-refractivity contribution is 9.10. The Morgan fingerprint density at radius 1 is 1.26 bits per heavy atom. The third-order valence-corrected chi connectivity index (χ3v) is 2.65. The Bertz CT molecular complexity index is 354. The molecule has 1 aromatic rings. The van der Waals surface area contributed by atoms with Gasteiger partial charge in [0.2, 0.25) is 0 Å². The monoisotopic (exact) mass is 330 g/mol. The number of aliphatic hydroxyl groups is 1. The lowest BCUT2D eigenvalue weighted by atomic mass is 10.0. The second kappa shape index (κ2) is 13.6. The molecule has 0 radical (unpaired) electrons. The van der Waals surface area contributed by atoms with Gasteiger partial charge in [-0.25, -0.2) is 0 Å². The highest BCUT2D eigenvalue weighted by Crippen LogP contribution is 2.22. The smallest absolute Gasteiger partial charge is 0.0440 e. The average Bonchev–Trinajstić information content (AvgIpc) is 2.48. The zero-order chi connectivity index (χ0) is 15.3. The van der Waals surface area contributed by atoms with E-state index in [9.17, 15) is 0 Å². The number of halogens is 1. The van der Waals surface area contributed by atoms with Crippen molar-refractivity contribution in [2.45, 2.75) is 40.5 Å². The van der Waals surface area contributed by atoms with Crippen LogP contribution in [-0.2, 0) is 0 Å². The third-order valence-electron chi connectivity index (χ3n) is 2.16. The highest BCUT2D eigenvalue weighted by atomic mass is 79.9. The third kappa shape index (κ3) is 8.01. The molecule has 19 heavy (non-hydrogen) atoms. The van der Waals surface area contributed by atoms with Crippen LogP contribution in [0.2, 0.25) is 0 Å². The topological polar surface area (TPSA) is 56.1 Å². The Morgan fingerprint density at radius 3 is 2.32 bits per heavy atom. The lowest BCUT2D eigenvalue weighted by Crippen LogP contribution is -2.04. The highest BCUT2D eigenvalue weighted by Gasteiger charge is 2.06. The van der Waals surface area contributed by atoms with Crippen molar-refractivity contribution in [3.63, 3.8) is 0 Å². The molecule has 0 heterocycles. The molecule has 0 atom stereocenters. The normalized spacial score (nSPS) is 8.58. The fourth-order valence-electron chi connectivity index (χ4n) is 1.38. The summed E-state index contributed by atoms with van der Waals surface area (Å²) in [5.74, 6) is 0. The van der Waals surface area contributed by atoms with E-state index in [2.05, 4.69) is 21.2 Å². The van der Waals surface area contributed by atoms with Gasteiger partial charge in [0.1, 0.15) is 0 Å². The zero-order valence-electron chi connectivity index (χ0n) is 12.7. The zero-order valence-corrected chi connectivity index (χ0v) is 14.3. The fraction of sp³-hybridized carbons (Fsp3) is 0.533. The van der Waals surface area contributed by atoms with Gasteiger partial charge < -0.3 is 15.8 Å². The van der Waals surface area contributed by atoms with Gasteiger partial charge >= 0.3 is 0 Å². The van der Waals surface area contributed by atoms with Crippen LogP contribution < -0.4 is 5.32 Å². The molecule has 3 nitrogen and oxygen atoms in total. The summed E-state index contributed by atoms with van der Waals surface area (Å²) in [6.07, 6.45) is 1.24. The molecule has 0 aromatic heterocycles. The Labute approximate surface area is 126 Å².